The molecule has 0 amide bonds. The number of nitrogens with one attached hydrogen (secondary N) is 2. The summed E-state index contributed by atoms with van der Waals surface area (Å²) in [5.74, 6) is 1.19. The van der Waals surface area contributed by atoms with Crippen molar-refractivity contribution in [3.63, 3.8) is 0 Å². The second kappa shape index (κ2) is 4.75. The maximum absolute atomic E-state index is 5.35. The van der Waals surface area contributed by atoms with Crippen LogP contribution in [-0.2, 0) is 0 Å². The van der Waals surface area contributed by atoms with Gasteiger partial charge >= 0.3 is 0 Å². The molecule has 0 aromatic carbocycles. The highest BCUT2D eigenvalue weighted by atomic mass is 16.5. The van der Waals surface area contributed by atoms with Crippen molar-refractivity contribution in [2.24, 2.45) is 0 Å². The molecule has 2 aromatic heterocycles. The van der Waals surface area contributed by atoms with E-state index in [1.165, 1.54) is 0 Å². The van der Waals surface area contributed by atoms with E-state index < -0.39 is 0 Å². The molecule has 7 nitrogen and oxygen atoms in total. The third-order valence-electron chi connectivity index (χ3n) is 3.71. The minimum absolute atomic E-state index is 0.159. The molecular formula is C12H18N6O. The molecule has 2 aromatic rings. The molecule has 0 aliphatic carbocycles. The normalized spacial score (nSPS) is 20.9. The Hall–Kier alpha value is -1.73. The Morgan fingerprint density at radius 2 is 2.21 bits per heavy atom. The number of hydrogen-bond acceptors (Lipinski definition) is 6. The largest absolute Gasteiger partial charge is 0.332 e. The van der Waals surface area contributed by atoms with Crippen LogP contribution >= 0.6 is 0 Å². The average molecular weight is 262 g/mol. The van der Waals surface area contributed by atoms with Crippen LogP contribution in [0.2, 0.25) is 0 Å². The lowest BCUT2D eigenvalue weighted by molar-refractivity contribution is 0.190. The van der Waals surface area contributed by atoms with Gasteiger partial charge in [0.2, 0.25) is 0 Å². The molecule has 19 heavy (non-hydrogen) atoms. The van der Waals surface area contributed by atoms with Gasteiger partial charge in [0.25, 0.3) is 5.89 Å². The average Bonchev–Trinajstić information content (AvgIpc) is 2.99. The van der Waals surface area contributed by atoms with Gasteiger partial charge < -0.3 is 9.84 Å². The topological polar surface area (TPSA) is 82.9 Å². The van der Waals surface area contributed by atoms with Crippen LogP contribution in [0.25, 0.3) is 11.6 Å². The first-order valence-corrected chi connectivity index (χ1v) is 6.43. The van der Waals surface area contributed by atoms with Crippen LogP contribution in [0, 0.1) is 13.8 Å². The van der Waals surface area contributed by atoms with Crippen molar-refractivity contribution in [3.05, 3.63) is 17.1 Å². The molecule has 3 rings (SSSR count). The lowest BCUT2D eigenvalue weighted by Crippen LogP contribution is -2.44. The molecule has 1 atom stereocenters. The molecule has 1 unspecified atom stereocenters. The zero-order chi connectivity index (χ0) is 13.4. The predicted octanol–water partition coefficient (Wildman–Crippen LogP) is 0.653. The van der Waals surface area contributed by atoms with Crippen molar-refractivity contribution in [3.8, 4) is 11.6 Å². The first-order chi connectivity index (χ1) is 9.16. The van der Waals surface area contributed by atoms with E-state index in [2.05, 4.69) is 37.6 Å². The second-order valence-electron chi connectivity index (χ2n) is 4.98. The van der Waals surface area contributed by atoms with Crippen LogP contribution in [0.15, 0.2) is 4.52 Å². The molecule has 7 heteroatoms. The zero-order valence-corrected chi connectivity index (χ0v) is 11.4. The molecule has 1 fully saturated rings. The fourth-order valence-corrected chi connectivity index (χ4v) is 2.25. The van der Waals surface area contributed by atoms with Gasteiger partial charge in [-0.05, 0) is 20.9 Å². The first kappa shape index (κ1) is 12.3. The van der Waals surface area contributed by atoms with Gasteiger partial charge in [-0.3, -0.25) is 10.00 Å². The summed E-state index contributed by atoms with van der Waals surface area (Å²) >= 11 is 0. The smallest absolute Gasteiger partial charge is 0.278 e. The number of aryl methyl sites for hydroxylation is 1. The van der Waals surface area contributed by atoms with Gasteiger partial charge in [-0.1, -0.05) is 5.16 Å². The summed E-state index contributed by atoms with van der Waals surface area (Å²) in [6.07, 6.45) is 0. The van der Waals surface area contributed by atoms with Gasteiger partial charge in [0, 0.05) is 30.9 Å². The summed E-state index contributed by atoms with van der Waals surface area (Å²) in [4.78, 5) is 6.72. The predicted molar refractivity (Wildman–Crippen MR) is 69.6 cm³/mol. The molecule has 2 N–H and O–H groups in total. The summed E-state index contributed by atoms with van der Waals surface area (Å²) in [6, 6.07) is 0.159. The van der Waals surface area contributed by atoms with E-state index in [-0.39, 0.29) is 6.04 Å². The summed E-state index contributed by atoms with van der Waals surface area (Å²) in [5.41, 5.74) is 2.80. The number of piperazine rings is 1. The van der Waals surface area contributed by atoms with Crippen LogP contribution < -0.4 is 5.32 Å². The number of hydrogen-bond donors (Lipinski definition) is 2. The lowest BCUT2D eigenvalue weighted by Gasteiger charge is -2.30. The highest BCUT2D eigenvalue weighted by Gasteiger charge is 2.26. The molecule has 3 heterocycles. The van der Waals surface area contributed by atoms with Gasteiger partial charge in [-0.2, -0.15) is 10.1 Å². The fraction of sp³-hybridized carbons (Fsp3) is 0.583. The van der Waals surface area contributed by atoms with Gasteiger partial charge in [-0.15, -0.1) is 0 Å². The lowest BCUT2D eigenvalue weighted by atomic mass is 10.2. The number of aromatic nitrogens is 4. The van der Waals surface area contributed by atoms with Gasteiger partial charge in [0.1, 0.15) is 0 Å². The van der Waals surface area contributed by atoms with Crippen molar-refractivity contribution in [2.75, 3.05) is 26.7 Å². The summed E-state index contributed by atoms with van der Waals surface area (Å²) in [7, 11) is 2.07. The van der Waals surface area contributed by atoms with Crippen molar-refractivity contribution >= 4 is 0 Å². The third-order valence-corrected chi connectivity index (χ3v) is 3.71. The minimum Gasteiger partial charge on any atom is -0.332 e. The summed E-state index contributed by atoms with van der Waals surface area (Å²) in [6.45, 7) is 6.78. The maximum Gasteiger partial charge on any atom is 0.278 e. The van der Waals surface area contributed by atoms with Crippen molar-refractivity contribution in [1.82, 2.24) is 30.6 Å². The number of nitrogens with zero attached hydrogens (tertiary/aromatic N) is 4. The Bertz CT molecular complexity index is 575. The number of aromatic amines is 1. The second-order valence-corrected chi connectivity index (χ2v) is 4.98. The monoisotopic (exact) mass is 262 g/mol. The van der Waals surface area contributed by atoms with Crippen LogP contribution in [-0.4, -0.2) is 51.9 Å². The van der Waals surface area contributed by atoms with E-state index in [4.69, 9.17) is 4.52 Å². The molecule has 102 valence electrons. The molecule has 0 bridgehead atoms. The minimum atomic E-state index is 0.159. The van der Waals surface area contributed by atoms with E-state index in [1.54, 1.807) is 0 Å². The zero-order valence-electron chi connectivity index (χ0n) is 11.4. The van der Waals surface area contributed by atoms with Gasteiger partial charge in [0.15, 0.2) is 11.5 Å². The van der Waals surface area contributed by atoms with Gasteiger partial charge in [-0.25, -0.2) is 0 Å². The third kappa shape index (κ3) is 2.15. The van der Waals surface area contributed by atoms with Crippen LogP contribution in [0.3, 0.4) is 0 Å². The van der Waals surface area contributed by atoms with E-state index >= 15 is 0 Å². The molecule has 1 aliphatic rings. The molecule has 0 radical (unpaired) electrons. The molecule has 0 saturated carbocycles. The molecule has 1 saturated heterocycles. The first-order valence-electron chi connectivity index (χ1n) is 6.43. The Kier molecular flexibility index (Phi) is 3.08. The highest BCUT2D eigenvalue weighted by Crippen LogP contribution is 2.24. The quantitative estimate of drug-likeness (QED) is 0.827. The number of likely N-dealkylation sites (N-methyl/N-ethyl adjacent to an activating group) is 1. The summed E-state index contributed by atoms with van der Waals surface area (Å²) in [5, 5.41) is 14.6. The molecule has 0 spiro atoms. The summed E-state index contributed by atoms with van der Waals surface area (Å²) < 4.78 is 5.35. The fourth-order valence-electron chi connectivity index (χ4n) is 2.25. The molecule has 1 aliphatic heterocycles. The van der Waals surface area contributed by atoms with Crippen LogP contribution in [0.1, 0.15) is 23.1 Å². The Morgan fingerprint density at radius 1 is 1.37 bits per heavy atom. The van der Waals surface area contributed by atoms with Gasteiger partial charge in [0.05, 0.1) is 6.04 Å². The van der Waals surface area contributed by atoms with Crippen molar-refractivity contribution in [1.29, 1.82) is 0 Å². The molecular weight excluding hydrogens is 244 g/mol. The van der Waals surface area contributed by atoms with E-state index in [0.717, 1.165) is 36.6 Å². The number of rotatable bonds is 2. The SMILES string of the molecule is Cc1[nH]nc(-c2nc(C3CNCCN3C)no2)c1C. The van der Waals surface area contributed by atoms with Crippen LogP contribution in [0.4, 0.5) is 0 Å². The van der Waals surface area contributed by atoms with Crippen LogP contribution in [0.5, 0.6) is 0 Å². The number of H-pyrrole nitrogens is 1. The van der Waals surface area contributed by atoms with E-state index in [9.17, 15) is 0 Å². The Morgan fingerprint density at radius 3 is 2.89 bits per heavy atom. The Balaban J connectivity index is 1.89. The van der Waals surface area contributed by atoms with Crippen molar-refractivity contribution in [2.45, 2.75) is 19.9 Å². The standard InChI is InChI=1S/C12H18N6O/c1-7-8(2)15-16-10(7)12-14-11(17-19-12)9-6-13-4-5-18(9)3/h9,13H,4-6H2,1-3H3,(H,15,16). The van der Waals surface area contributed by atoms with E-state index in [0.29, 0.717) is 11.7 Å². The highest BCUT2D eigenvalue weighted by molar-refractivity contribution is 5.53. The van der Waals surface area contributed by atoms with Crippen molar-refractivity contribution < 1.29 is 4.52 Å². The van der Waals surface area contributed by atoms with E-state index in [1.807, 2.05) is 13.8 Å². The maximum atomic E-state index is 5.35. The Labute approximate surface area is 111 Å².